The van der Waals surface area contributed by atoms with Crippen molar-refractivity contribution in [3.8, 4) is 5.75 Å². The maximum absolute atomic E-state index is 12.1. The van der Waals surface area contributed by atoms with Crippen LogP contribution < -0.4 is 10.1 Å². The Labute approximate surface area is 161 Å². The van der Waals surface area contributed by atoms with E-state index in [1.54, 1.807) is 37.5 Å². The molecule has 1 amide bonds. The van der Waals surface area contributed by atoms with Gasteiger partial charge in [-0.05, 0) is 61.4 Å². The maximum Gasteiger partial charge on any atom is 0.331 e. The van der Waals surface area contributed by atoms with Crippen LogP contribution in [0.25, 0.3) is 6.08 Å². The predicted octanol–water partition coefficient (Wildman–Crippen LogP) is 4.35. The molecule has 0 aliphatic carbocycles. The Morgan fingerprint density at radius 2 is 1.85 bits per heavy atom. The van der Waals surface area contributed by atoms with Crippen molar-refractivity contribution in [2.24, 2.45) is 0 Å². The Balaban J connectivity index is 1.90. The Morgan fingerprint density at radius 1 is 1.15 bits per heavy atom. The summed E-state index contributed by atoms with van der Waals surface area (Å²) in [5, 5.41) is 2.68. The van der Waals surface area contributed by atoms with Gasteiger partial charge in [0.15, 0.2) is 6.10 Å². The number of amides is 1. The van der Waals surface area contributed by atoms with Gasteiger partial charge < -0.3 is 14.8 Å². The molecule has 1 N–H and O–H groups in total. The molecule has 0 saturated heterocycles. The molecular formula is C20H20BrNO4. The van der Waals surface area contributed by atoms with Crippen LogP contribution in [0.15, 0.2) is 53.0 Å². The van der Waals surface area contributed by atoms with Gasteiger partial charge in [-0.3, -0.25) is 4.79 Å². The summed E-state index contributed by atoms with van der Waals surface area (Å²) in [6.07, 6.45) is 2.02. The molecule has 6 heteroatoms. The highest BCUT2D eigenvalue weighted by Gasteiger charge is 2.16. The first-order valence-corrected chi connectivity index (χ1v) is 8.78. The minimum Gasteiger partial charge on any atom is -0.497 e. The zero-order valence-electron chi connectivity index (χ0n) is 14.8. The van der Waals surface area contributed by atoms with Crippen molar-refractivity contribution < 1.29 is 19.1 Å². The van der Waals surface area contributed by atoms with Crippen LogP contribution in [-0.4, -0.2) is 25.1 Å². The lowest BCUT2D eigenvalue weighted by molar-refractivity contribution is -0.148. The predicted molar refractivity (Wildman–Crippen MR) is 105 cm³/mol. The second-order valence-electron chi connectivity index (χ2n) is 5.66. The smallest absolute Gasteiger partial charge is 0.331 e. The molecule has 0 radical (unpaired) electrons. The number of benzene rings is 2. The zero-order chi connectivity index (χ0) is 19.1. The lowest BCUT2D eigenvalue weighted by Crippen LogP contribution is -2.29. The number of ether oxygens (including phenoxy) is 2. The van der Waals surface area contributed by atoms with Gasteiger partial charge in [-0.1, -0.05) is 28.1 Å². The molecule has 0 aromatic heterocycles. The summed E-state index contributed by atoms with van der Waals surface area (Å²) in [6, 6.07) is 12.7. The standard InChI is InChI=1S/C20H20BrNO4/c1-13-4-5-15(18(21)12-13)6-11-19(23)26-14(2)20(24)22-16-7-9-17(25-3)10-8-16/h4-12,14H,1-3H3,(H,22,24)/b11-6+/t14-/m1/s1. The summed E-state index contributed by atoms with van der Waals surface area (Å²) in [7, 11) is 1.57. The Kier molecular flexibility index (Phi) is 6.97. The van der Waals surface area contributed by atoms with Crippen molar-refractivity contribution in [3.63, 3.8) is 0 Å². The Bertz CT molecular complexity index is 815. The van der Waals surface area contributed by atoms with Crippen molar-refractivity contribution in [1.82, 2.24) is 0 Å². The number of anilines is 1. The van der Waals surface area contributed by atoms with Gasteiger partial charge in [-0.25, -0.2) is 4.79 Å². The first-order chi connectivity index (χ1) is 12.4. The second-order valence-corrected chi connectivity index (χ2v) is 6.51. The number of carbonyl (C=O) groups excluding carboxylic acids is 2. The van der Waals surface area contributed by atoms with Crippen LogP contribution in [0.1, 0.15) is 18.1 Å². The highest BCUT2D eigenvalue weighted by molar-refractivity contribution is 9.10. The van der Waals surface area contributed by atoms with Gasteiger partial charge in [0, 0.05) is 16.2 Å². The molecular weight excluding hydrogens is 398 g/mol. The van der Waals surface area contributed by atoms with Crippen LogP contribution in [-0.2, 0) is 14.3 Å². The van der Waals surface area contributed by atoms with Crippen molar-refractivity contribution in [1.29, 1.82) is 0 Å². The molecule has 2 aromatic rings. The van der Waals surface area contributed by atoms with E-state index in [1.165, 1.54) is 13.0 Å². The average molecular weight is 418 g/mol. The Morgan fingerprint density at radius 3 is 2.46 bits per heavy atom. The summed E-state index contributed by atoms with van der Waals surface area (Å²) < 4.78 is 11.1. The summed E-state index contributed by atoms with van der Waals surface area (Å²) in [5.74, 6) is -0.307. The third kappa shape index (κ3) is 5.74. The first-order valence-electron chi connectivity index (χ1n) is 7.99. The minimum absolute atomic E-state index is 0.409. The number of carbonyl (C=O) groups is 2. The Hall–Kier alpha value is -2.60. The van der Waals surface area contributed by atoms with E-state index in [2.05, 4.69) is 21.2 Å². The number of nitrogens with one attached hydrogen (secondary N) is 1. The molecule has 0 spiro atoms. The van der Waals surface area contributed by atoms with Gasteiger partial charge in [-0.2, -0.15) is 0 Å². The first kappa shape index (κ1) is 19.7. The summed E-state index contributed by atoms with van der Waals surface area (Å²) >= 11 is 3.44. The minimum atomic E-state index is -0.921. The van der Waals surface area contributed by atoms with Crippen molar-refractivity contribution in [3.05, 3.63) is 64.1 Å². The molecule has 0 unspecified atom stereocenters. The fourth-order valence-corrected chi connectivity index (χ4v) is 2.74. The van der Waals surface area contributed by atoms with Crippen LogP contribution in [0.5, 0.6) is 5.75 Å². The fourth-order valence-electron chi connectivity index (χ4n) is 2.11. The van der Waals surface area contributed by atoms with E-state index in [1.807, 2.05) is 25.1 Å². The largest absolute Gasteiger partial charge is 0.497 e. The topological polar surface area (TPSA) is 64.6 Å². The van der Waals surface area contributed by atoms with E-state index in [4.69, 9.17) is 9.47 Å². The number of esters is 1. The molecule has 0 fully saturated rings. The van der Waals surface area contributed by atoms with Gasteiger partial charge in [-0.15, -0.1) is 0 Å². The van der Waals surface area contributed by atoms with Gasteiger partial charge in [0.2, 0.25) is 0 Å². The zero-order valence-corrected chi connectivity index (χ0v) is 16.4. The molecule has 1 atom stereocenters. The summed E-state index contributed by atoms with van der Waals surface area (Å²) in [4.78, 5) is 24.0. The van der Waals surface area contributed by atoms with Crippen LogP contribution in [0.3, 0.4) is 0 Å². The molecule has 0 saturated carbocycles. The number of aryl methyl sites for hydroxylation is 1. The van der Waals surface area contributed by atoms with Crippen LogP contribution in [0, 0.1) is 6.92 Å². The molecule has 0 bridgehead atoms. The van der Waals surface area contributed by atoms with Crippen LogP contribution in [0.2, 0.25) is 0 Å². The maximum atomic E-state index is 12.1. The van der Waals surface area contributed by atoms with Crippen molar-refractivity contribution in [2.75, 3.05) is 12.4 Å². The van der Waals surface area contributed by atoms with Crippen LogP contribution in [0.4, 0.5) is 5.69 Å². The van der Waals surface area contributed by atoms with E-state index in [0.717, 1.165) is 15.6 Å². The molecule has 2 aromatic carbocycles. The molecule has 0 heterocycles. The molecule has 5 nitrogen and oxygen atoms in total. The third-order valence-corrected chi connectivity index (χ3v) is 4.26. The van der Waals surface area contributed by atoms with Gasteiger partial charge in [0.1, 0.15) is 5.75 Å². The number of halogens is 1. The monoisotopic (exact) mass is 417 g/mol. The lowest BCUT2D eigenvalue weighted by atomic mass is 10.1. The third-order valence-electron chi connectivity index (χ3n) is 3.57. The van der Waals surface area contributed by atoms with E-state index in [9.17, 15) is 9.59 Å². The summed E-state index contributed by atoms with van der Waals surface area (Å²) in [5.41, 5.74) is 2.56. The van der Waals surface area contributed by atoms with Gasteiger partial charge >= 0.3 is 5.97 Å². The average Bonchev–Trinajstić information content (AvgIpc) is 2.61. The SMILES string of the molecule is COc1ccc(NC(=O)[C@@H](C)OC(=O)/C=C/c2ccc(C)cc2Br)cc1. The quantitative estimate of drug-likeness (QED) is 0.560. The fraction of sp³-hybridized carbons (Fsp3) is 0.200. The van der Waals surface area contributed by atoms with Crippen molar-refractivity contribution in [2.45, 2.75) is 20.0 Å². The highest BCUT2D eigenvalue weighted by atomic mass is 79.9. The van der Waals surface area contributed by atoms with E-state index in [-0.39, 0.29) is 0 Å². The lowest BCUT2D eigenvalue weighted by Gasteiger charge is -2.12. The number of hydrogen-bond acceptors (Lipinski definition) is 4. The highest BCUT2D eigenvalue weighted by Crippen LogP contribution is 2.20. The summed E-state index contributed by atoms with van der Waals surface area (Å²) in [6.45, 7) is 3.50. The molecule has 0 aliphatic heterocycles. The van der Waals surface area contributed by atoms with Crippen molar-refractivity contribution >= 4 is 39.6 Å². The van der Waals surface area contributed by atoms with E-state index in [0.29, 0.717) is 11.4 Å². The van der Waals surface area contributed by atoms with Gasteiger partial charge in [0.05, 0.1) is 7.11 Å². The second kappa shape index (κ2) is 9.20. The van der Waals surface area contributed by atoms with Gasteiger partial charge in [0.25, 0.3) is 5.91 Å². The normalized spacial score (nSPS) is 11.8. The van der Waals surface area contributed by atoms with E-state index >= 15 is 0 Å². The number of rotatable bonds is 6. The number of hydrogen-bond donors (Lipinski definition) is 1. The van der Waals surface area contributed by atoms with Crippen LogP contribution >= 0.6 is 15.9 Å². The molecule has 2 rings (SSSR count). The van der Waals surface area contributed by atoms with E-state index < -0.39 is 18.0 Å². The molecule has 136 valence electrons. The molecule has 26 heavy (non-hydrogen) atoms. The molecule has 0 aliphatic rings. The number of methoxy groups -OCH3 is 1.